The lowest BCUT2D eigenvalue weighted by Crippen LogP contribution is -1.97. The minimum atomic E-state index is 0.780. The van der Waals surface area contributed by atoms with E-state index in [-0.39, 0.29) is 0 Å². The van der Waals surface area contributed by atoms with Gasteiger partial charge in [-0.1, -0.05) is 51.0 Å². The Morgan fingerprint density at radius 1 is 0.950 bits per heavy atom. The Labute approximate surface area is 122 Å². The van der Waals surface area contributed by atoms with Gasteiger partial charge in [-0.2, -0.15) is 0 Å². The summed E-state index contributed by atoms with van der Waals surface area (Å²) in [6.45, 7) is 4.46. The van der Waals surface area contributed by atoms with Gasteiger partial charge in [0.05, 0.1) is 0 Å². The molecule has 2 aromatic rings. The van der Waals surface area contributed by atoms with Crippen LogP contribution in [0.25, 0.3) is 10.8 Å². The van der Waals surface area contributed by atoms with Gasteiger partial charge in [0.25, 0.3) is 0 Å². The van der Waals surface area contributed by atoms with Crippen LogP contribution in [-0.4, -0.2) is 6.29 Å². The Morgan fingerprint density at radius 2 is 1.65 bits per heavy atom. The minimum Gasteiger partial charge on any atom is -0.298 e. The van der Waals surface area contributed by atoms with Crippen LogP contribution in [0.2, 0.25) is 0 Å². The largest absolute Gasteiger partial charge is 0.298 e. The van der Waals surface area contributed by atoms with Crippen LogP contribution in [0.1, 0.15) is 61.0 Å². The fourth-order valence-electron chi connectivity index (χ4n) is 2.77. The predicted molar refractivity (Wildman–Crippen MR) is 86.6 cm³/mol. The topological polar surface area (TPSA) is 17.1 Å². The van der Waals surface area contributed by atoms with Gasteiger partial charge in [0.15, 0.2) is 0 Å². The first kappa shape index (κ1) is 14.8. The van der Waals surface area contributed by atoms with Gasteiger partial charge in [-0.3, -0.25) is 4.79 Å². The molecule has 2 rings (SSSR count). The Morgan fingerprint density at radius 3 is 2.35 bits per heavy atom. The first-order valence-corrected chi connectivity index (χ1v) is 7.79. The molecular weight excluding hydrogens is 244 g/mol. The highest BCUT2D eigenvalue weighted by atomic mass is 16.1. The van der Waals surface area contributed by atoms with Crippen molar-refractivity contribution in [2.45, 2.75) is 52.4 Å². The maximum absolute atomic E-state index is 11.0. The van der Waals surface area contributed by atoms with Gasteiger partial charge in [-0.25, -0.2) is 0 Å². The number of benzene rings is 2. The Kier molecular flexibility index (Phi) is 5.34. The summed E-state index contributed by atoms with van der Waals surface area (Å²) in [5.74, 6) is 0. The smallest absolute Gasteiger partial charge is 0.150 e. The van der Waals surface area contributed by atoms with E-state index in [9.17, 15) is 4.79 Å². The molecule has 0 aliphatic carbocycles. The molecular formula is C19H24O. The zero-order valence-corrected chi connectivity index (χ0v) is 12.6. The van der Waals surface area contributed by atoms with Crippen LogP contribution in [0, 0.1) is 0 Å². The molecule has 0 aliphatic heterocycles. The van der Waals surface area contributed by atoms with Crippen LogP contribution in [0.15, 0.2) is 30.3 Å². The average molecular weight is 268 g/mol. The van der Waals surface area contributed by atoms with Gasteiger partial charge >= 0.3 is 0 Å². The number of hydrogen-bond acceptors (Lipinski definition) is 1. The van der Waals surface area contributed by atoms with E-state index in [0.717, 1.165) is 24.7 Å². The predicted octanol–water partition coefficient (Wildman–Crippen LogP) is 5.34. The third-order valence-corrected chi connectivity index (χ3v) is 3.97. The van der Waals surface area contributed by atoms with Gasteiger partial charge in [0.1, 0.15) is 6.29 Å². The van der Waals surface area contributed by atoms with E-state index in [2.05, 4.69) is 38.1 Å². The molecule has 1 heteroatoms. The lowest BCUT2D eigenvalue weighted by molar-refractivity contribution is 0.112. The minimum absolute atomic E-state index is 0.780. The number of fused-ring (bicyclic) bond motifs is 1. The molecule has 106 valence electrons. The van der Waals surface area contributed by atoms with Crippen molar-refractivity contribution in [2.75, 3.05) is 0 Å². The van der Waals surface area contributed by atoms with E-state index in [4.69, 9.17) is 0 Å². The summed E-state index contributed by atoms with van der Waals surface area (Å²) in [4.78, 5) is 11.0. The summed E-state index contributed by atoms with van der Waals surface area (Å²) < 4.78 is 0. The second kappa shape index (κ2) is 7.23. The lowest BCUT2D eigenvalue weighted by Gasteiger charge is -2.13. The first-order chi connectivity index (χ1) is 9.80. The van der Waals surface area contributed by atoms with Crippen molar-refractivity contribution in [3.63, 3.8) is 0 Å². The highest BCUT2D eigenvalue weighted by molar-refractivity contribution is 5.91. The summed E-state index contributed by atoms with van der Waals surface area (Å²) in [5, 5.41) is 2.53. The number of rotatable bonds is 7. The number of hydrogen-bond donors (Lipinski definition) is 0. The third-order valence-electron chi connectivity index (χ3n) is 3.97. The Hall–Kier alpha value is -1.63. The molecule has 0 saturated heterocycles. The molecule has 0 bridgehead atoms. The van der Waals surface area contributed by atoms with Crippen molar-refractivity contribution >= 4 is 17.1 Å². The van der Waals surface area contributed by atoms with E-state index >= 15 is 0 Å². The van der Waals surface area contributed by atoms with E-state index in [1.807, 2.05) is 6.07 Å². The zero-order chi connectivity index (χ0) is 14.4. The van der Waals surface area contributed by atoms with Gasteiger partial charge in [-0.15, -0.1) is 0 Å². The number of aldehydes is 1. The quantitative estimate of drug-likeness (QED) is 0.620. The van der Waals surface area contributed by atoms with E-state index in [1.54, 1.807) is 0 Å². The molecule has 0 atom stereocenters. The molecule has 0 aromatic heterocycles. The number of aryl methyl sites for hydroxylation is 2. The molecule has 0 amide bonds. The summed E-state index contributed by atoms with van der Waals surface area (Å²) in [5.41, 5.74) is 3.71. The molecule has 0 unspecified atom stereocenters. The van der Waals surface area contributed by atoms with E-state index < -0.39 is 0 Å². The van der Waals surface area contributed by atoms with Crippen LogP contribution in [-0.2, 0) is 12.8 Å². The summed E-state index contributed by atoms with van der Waals surface area (Å²) in [6.07, 6.45) is 8.09. The monoisotopic (exact) mass is 268 g/mol. The normalized spacial score (nSPS) is 10.9. The fourth-order valence-corrected chi connectivity index (χ4v) is 2.77. The van der Waals surface area contributed by atoms with Crippen molar-refractivity contribution in [3.05, 3.63) is 47.0 Å². The van der Waals surface area contributed by atoms with Crippen molar-refractivity contribution < 1.29 is 4.79 Å². The Balaban J connectivity index is 2.51. The Bertz CT molecular complexity index is 584. The van der Waals surface area contributed by atoms with Gasteiger partial charge < -0.3 is 0 Å². The molecule has 0 saturated carbocycles. The number of carbonyl (C=O) groups is 1. The van der Waals surface area contributed by atoms with Crippen LogP contribution in [0.3, 0.4) is 0 Å². The molecule has 2 aromatic carbocycles. The molecule has 0 N–H and O–H groups in total. The third kappa shape index (κ3) is 3.27. The molecule has 0 spiro atoms. The van der Waals surface area contributed by atoms with Crippen LogP contribution in [0.5, 0.6) is 0 Å². The lowest BCUT2D eigenvalue weighted by atomic mass is 9.91. The van der Waals surface area contributed by atoms with Crippen LogP contribution >= 0.6 is 0 Å². The van der Waals surface area contributed by atoms with Crippen molar-refractivity contribution in [2.24, 2.45) is 0 Å². The SMILES string of the molecule is CCCCc1ccc2ccc(C=O)cc2c1CCCC. The van der Waals surface area contributed by atoms with E-state index in [1.165, 1.54) is 47.6 Å². The first-order valence-electron chi connectivity index (χ1n) is 7.79. The van der Waals surface area contributed by atoms with Crippen LogP contribution in [0.4, 0.5) is 0 Å². The highest BCUT2D eigenvalue weighted by Gasteiger charge is 2.08. The molecule has 0 aliphatic rings. The molecule has 0 fully saturated rings. The van der Waals surface area contributed by atoms with Crippen molar-refractivity contribution in [1.29, 1.82) is 0 Å². The zero-order valence-electron chi connectivity index (χ0n) is 12.6. The second-order valence-corrected chi connectivity index (χ2v) is 5.51. The van der Waals surface area contributed by atoms with Crippen molar-refractivity contribution in [3.8, 4) is 0 Å². The maximum Gasteiger partial charge on any atom is 0.150 e. The summed E-state index contributed by atoms with van der Waals surface area (Å²) in [6, 6.07) is 10.5. The van der Waals surface area contributed by atoms with Crippen molar-refractivity contribution in [1.82, 2.24) is 0 Å². The number of carbonyl (C=O) groups excluding carboxylic acids is 1. The second-order valence-electron chi connectivity index (χ2n) is 5.51. The maximum atomic E-state index is 11.0. The molecule has 0 radical (unpaired) electrons. The summed E-state index contributed by atoms with van der Waals surface area (Å²) in [7, 11) is 0. The summed E-state index contributed by atoms with van der Waals surface area (Å²) >= 11 is 0. The standard InChI is InChI=1S/C19H24O/c1-3-5-7-16-11-12-17-10-9-15(14-20)13-19(17)18(16)8-6-4-2/h9-14H,3-8H2,1-2H3. The fraction of sp³-hybridized carbons (Fsp3) is 0.421. The van der Waals surface area contributed by atoms with Crippen LogP contribution < -0.4 is 0 Å². The van der Waals surface area contributed by atoms with Gasteiger partial charge in [0.2, 0.25) is 0 Å². The number of unbranched alkanes of at least 4 members (excludes halogenated alkanes) is 2. The van der Waals surface area contributed by atoms with Gasteiger partial charge in [0, 0.05) is 5.56 Å². The van der Waals surface area contributed by atoms with E-state index in [0.29, 0.717) is 0 Å². The molecule has 1 nitrogen and oxygen atoms in total. The molecule has 0 heterocycles. The van der Waals surface area contributed by atoms with Gasteiger partial charge in [-0.05, 0) is 53.6 Å². The molecule has 20 heavy (non-hydrogen) atoms. The average Bonchev–Trinajstić information content (AvgIpc) is 2.50. The highest BCUT2D eigenvalue weighted by Crippen LogP contribution is 2.26.